The summed E-state index contributed by atoms with van der Waals surface area (Å²) in [5.41, 5.74) is 3.58. The lowest BCUT2D eigenvalue weighted by molar-refractivity contribution is -0.146. The second-order valence-electron chi connectivity index (χ2n) is 6.26. The standard InChI is InChI=1S/C16H21F3N2O2/c1-5-12(13(21)14(22)23-15(2,3)4)9-6-10(16(17,18)19)8-11(20)7-9/h6-8,12,21H,5,20H2,1-4H3. The molecule has 0 amide bonds. The first-order valence-electron chi connectivity index (χ1n) is 7.14. The van der Waals surface area contributed by atoms with Gasteiger partial charge in [0.05, 0.1) is 5.56 Å². The molecule has 0 spiro atoms. The molecule has 0 aliphatic carbocycles. The zero-order chi connectivity index (χ0) is 18.0. The number of hydrogen-bond donors (Lipinski definition) is 2. The lowest BCUT2D eigenvalue weighted by Gasteiger charge is -2.23. The summed E-state index contributed by atoms with van der Waals surface area (Å²) in [5, 5.41) is 7.97. The predicted octanol–water partition coefficient (Wildman–Crippen LogP) is 4.14. The molecule has 23 heavy (non-hydrogen) atoms. The number of nitrogens with one attached hydrogen (secondary N) is 1. The van der Waals surface area contributed by atoms with E-state index in [0.29, 0.717) is 0 Å². The van der Waals surface area contributed by atoms with Gasteiger partial charge >= 0.3 is 12.1 Å². The van der Waals surface area contributed by atoms with Crippen LogP contribution in [0, 0.1) is 5.41 Å². The monoisotopic (exact) mass is 330 g/mol. The van der Waals surface area contributed by atoms with E-state index in [1.165, 1.54) is 6.07 Å². The predicted molar refractivity (Wildman–Crippen MR) is 82.5 cm³/mol. The summed E-state index contributed by atoms with van der Waals surface area (Å²) in [6.45, 7) is 6.64. The van der Waals surface area contributed by atoms with Gasteiger partial charge in [0.25, 0.3) is 0 Å². The molecular formula is C16H21F3N2O2. The largest absolute Gasteiger partial charge is 0.455 e. The number of nitrogen functional groups attached to an aromatic ring is 1. The molecule has 7 heteroatoms. The van der Waals surface area contributed by atoms with E-state index in [1.54, 1.807) is 27.7 Å². The zero-order valence-electron chi connectivity index (χ0n) is 13.5. The van der Waals surface area contributed by atoms with Crippen molar-refractivity contribution in [1.29, 1.82) is 5.41 Å². The van der Waals surface area contributed by atoms with E-state index in [2.05, 4.69) is 0 Å². The average molecular weight is 330 g/mol. The third-order valence-corrected chi connectivity index (χ3v) is 3.08. The highest BCUT2D eigenvalue weighted by atomic mass is 19.4. The van der Waals surface area contributed by atoms with Crippen LogP contribution < -0.4 is 5.73 Å². The number of benzene rings is 1. The molecule has 128 valence electrons. The van der Waals surface area contributed by atoms with Gasteiger partial charge in [0.2, 0.25) is 0 Å². The number of alkyl halides is 3. The third kappa shape index (κ3) is 5.26. The van der Waals surface area contributed by atoms with Crippen molar-refractivity contribution >= 4 is 17.4 Å². The Balaban J connectivity index is 3.18. The van der Waals surface area contributed by atoms with Crippen LogP contribution in [0.5, 0.6) is 0 Å². The first-order valence-corrected chi connectivity index (χ1v) is 7.14. The lowest BCUT2D eigenvalue weighted by atomic mass is 9.90. The summed E-state index contributed by atoms with van der Waals surface area (Å²) in [5.74, 6) is -1.66. The maximum atomic E-state index is 12.9. The fourth-order valence-electron chi connectivity index (χ4n) is 2.12. The van der Waals surface area contributed by atoms with Gasteiger partial charge in [0, 0.05) is 11.6 Å². The van der Waals surface area contributed by atoms with E-state index < -0.39 is 29.2 Å². The zero-order valence-corrected chi connectivity index (χ0v) is 13.5. The van der Waals surface area contributed by atoms with Crippen LogP contribution in [0.1, 0.15) is 51.2 Å². The summed E-state index contributed by atoms with van der Waals surface area (Å²) >= 11 is 0. The van der Waals surface area contributed by atoms with Crippen LogP contribution in [0.4, 0.5) is 18.9 Å². The minimum absolute atomic E-state index is 0.0646. The minimum atomic E-state index is -4.55. The van der Waals surface area contributed by atoms with E-state index >= 15 is 0 Å². The number of rotatable bonds is 4. The molecule has 1 aromatic rings. The van der Waals surface area contributed by atoms with Gasteiger partial charge < -0.3 is 10.5 Å². The van der Waals surface area contributed by atoms with Crippen LogP contribution >= 0.6 is 0 Å². The topological polar surface area (TPSA) is 76.2 Å². The molecular weight excluding hydrogens is 309 g/mol. The van der Waals surface area contributed by atoms with Crippen LogP contribution in [0.15, 0.2) is 18.2 Å². The molecule has 0 radical (unpaired) electrons. The molecule has 0 fully saturated rings. The Bertz CT molecular complexity index is 604. The van der Waals surface area contributed by atoms with E-state index in [0.717, 1.165) is 12.1 Å². The summed E-state index contributed by atoms with van der Waals surface area (Å²) in [6.07, 6.45) is -4.27. The Kier molecular flexibility index (Phi) is 5.45. The number of esters is 1. The SMILES string of the molecule is CCC(C(=N)C(=O)OC(C)(C)C)c1cc(N)cc(C(F)(F)F)c1. The molecule has 0 saturated carbocycles. The van der Waals surface area contributed by atoms with Crippen LogP contribution in [0.25, 0.3) is 0 Å². The average Bonchev–Trinajstić information content (AvgIpc) is 2.35. The van der Waals surface area contributed by atoms with Crippen molar-refractivity contribution < 1.29 is 22.7 Å². The molecule has 0 heterocycles. The van der Waals surface area contributed by atoms with Crippen LogP contribution in [-0.4, -0.2) is 17.3 Å². The summed E-state index contributed by atoms with van der Waals surface area (Å²) in [6, 6.07) is 3.10. The Morgan fingerprint density at radius 1 is 1.26 bits per heavy atom. The summed E-state index contributed by atoms with van der Waals surface area (Å²) in [4.78, 5) is 12.0. The number of carbonyl (C=O) groups excluding carboxylic acids is 1. The number of anilines is 1. The van der Waals surface area contributed by atoms with Crippen molar-refractivity contribution in [2.75, 3.05) is 5.73 Å². The minimum Gasteiger partial charge on any atom is -0.455 e. The summed E-state index contributed by atoms with van der Waals surface area (Å²) < 4.78 is 43.8. The van der Waals surface area contributed by atoms with Crippen molar-refractivity contribution in [3.8, 4) is 0 Å². The normalized spacial score (nSPS) is 13.5. The number of carbonyl (C=O) groups is 1. The van der Waals surface area contributed by atoms with Crippen molar-refractivity contribution in [1.82, 2.24) is 0 Å². The van der Waals surface area contributed by atoms with Crippen molar-refractivity contribution in [3.63, 3.8) is 0 Å². The molecule has 0 aromatic heterocycles. The Labute approximate surface area is 133 Å². The van der Waals surface area contributed by atoms with Gasteiger partial charge in [0.1, 0.15) is 11.3 Å². The molecule has 1 rings (SSSR count). The first-order chi connectivity index (χ1) is 10.3. The molecule has 0 saturated heterocycles. The second-order valence-corrected chi connectivity index (χ2v) is 6.26. The Hall–Kier alpha value is -2.05. The third-order valence-electron chi connectivity index (χ3n) is 3.08. The maximum absolute atomic E-state index is 12.9. The van der Waals surface area contributed by atoms with E-state index in [-0.39, 0.29) is 23.4 Å². The van der Waals surface area contributed by atoms with Crippen LogP contribution in [0.2, 0.25) is 0 Å². The Morgan fingerprint density at radius 3 is 2.26 bits per heavy atom. The van der Waals surface area contributed by atoms with Gasteiger partial charge in [-0.3, -0.25) is 5.41 Å². The van der Waals surface area contributed by atoms with Crippen molar-refractivity contribution in [2.24, 2.45) is 0 Å². The fraction of sp³-hybridized carbons (Fsp3) is 0.500. The second kappa shape index (κ2) is 6.60. The van der Waals surface area contributed by atoms with Gasteiger partial charge in [-0.15, -0.1) is 0 Å². The molecule has 1 unspecified atom stereocenters. The number of hydrogen-bond acceptors (Lipinski definition) is 4. The highest BCUT2D eigenvalue weighted by molar-refractivity contribution is 6.37. The lowest BCUT2D eigenvalue weighted by Crippen LogP contribution is -2.31. The van der Waals surface area contributed by atoms with Crippen LogP contribution in [-0.2, 0) is 15.7 Å². The number of nitrogens with two attached hydrogens (primary N) is 1. The number of ether oxygens (including phenoxy) is 1. The van der Waals surface area contributed by atoms with Gasteiger partial charge in [0.15, 0.2) is 0 Å². The van der Waals surface area contributed by atoms with Crippen LogP contribution in [0.3, 0.4) is 0 Å². The van der Waals surface area contributed by atoms with E-state index in [4.69, 9.17) is 15.9 Å². The molecule has 0 bridgehead atoms. The molecule has 0 aliphatic heterocycles. The van der Waals surface area contributed by atoms with Crippen molar-refractivity contribution in [2.45, 2.75) is 51.8 Å². The van der Waals surface area contributed by atoms with E-state index in [9.17, 15) is 18.0 Å². The van der Waals surface area contributed by atoms with E-state index in [1.807, 2.05) is 0 Å². The fourth-order valence-corrected chi connectivity index (χ4v) is 2.12. The van der Waals surface area contributed by atoms with Gasteiger partial charge in [-0.2, -0.15) is 13.2 Å². The quantitative estimate of drug-likeness (QED) is 0.495. The van der Waals surface area contributed by atoms with Crippen molar-refractivity contribution in [3.05, 3.63) is 29.3 Å². The molecule has 3 N–H and O–H groups in total. The van der Waals surface area contributed by atoms with Gasteiger partial charge in [-0.1, -0.05) is 6.92 Å². The molecule has 1 atom stereocenters. The highest BCUT2D eigenvalue weighted by Gasteiger charge is 2.33. The first kappa shape index (κ1) is 19.0. The highest BCUT2D eigenvalue weighted by Crippen LogP contribution is 2.34. The summed E-state index contributed by atoms with van der Waals surface area (Å²) in [7, 11) is 0. The molecule has 1 aromatic carbocycles. The number of halogens is 3. The molecule has 4 nitrogen and oxygen atoms in total. The van der Waals surface area contributed by atoms with Gasteiger partial charge in [-0.05, 0) is 51.0 Å². The maximum Gasteiger partial charge on any atom is 0.416 e. The molecule has 0 aliphatic rings. The Morgan fingerprint density at radius 2 is 1.83 bits per heavy atom. The van der Waals surface area contributed by atoms with Gasteiger partial charge in [-0.25, -0.2) is 4.79 Å². The smallest absolute Gasteiger partial charge is 0.416 e.